The normalized spacial score (nSPS) is 10.4. The van der Waals surface area contributed by atoms with E-state index >= 15 is 0 Å². The van der Waals surface area contributed by atoms with Crippen LogP contribution in [0.2, 0.25) is 0 Å². The van der Waals surface area contributed by atoms with Gasteiger partial charge in [-0.1, -0.05) is 6.92 Å². The highest BCUT2D eigenvalue weighted by molar-refractivity contribution is 5.15. The summed E-state index contributed by atoms with van der Waals surface area (Å²) in [7, 11) is 1.71. The molecule has 0 atom stereocenters. The third kappa shape index (κ3) is 2.05. The van der Waals surface area contributed by atoms with E-state index in [4.69, 9.17) is 4.74 Å². The van der Waals surface area contributed by atoms with Crippen LogP contribution >= 0.6 is 0 Å². The number of rotatable bonds is 4. The van der Waals surface area contributed by atoms with Gasteiger partial charge in [0, 0.05) is 19.7 Å². The number of aromatic amines is 1. The molecule has 0 saturated heterocycles. The van der Waals surface area contributed by atoms with Crippen molar-refractivity contribution in [3.05, 3.63) is 17.5 Å². The molecule has 0 aliphatic carbocycles. The molecular formula is C8H14N2O. The maximum absolute atomic E-state index is 4.96. The molecular weight excluding hydrogens is 140 g/mol. The molecule has 0 aromatic carbocycles. The molecule has 0 bridgehead atoms. The molecule has 0 aliphatic rings. The van der Waals surface area contributed by atoms with Crippen LogP contribution < -0.4 is 0 Å². The van der Waals surface area contributed by atoms with E-state index in [1.54, 1.807) is 7.11 Å². The maximum Gasteiger partial charge on any atom is 0.0676 e. The molecule has 1 aromatic rings. The Hall–Kier alpha value is -0.830. The second-order valence-corrected chi connectivity index (χ2v) is 2.45. The molecule has 11 heavy (non-hydrogen) atoms. The van der Waals surface area contributed by atoms with Crippen LogP contribution in [0, 0.1) is 0 Å². The lowest BCUT2D eigenvalue weighted by molar-refractivity contribution is 0.201. The predicted molar refractivity (Wildman–Crippen MR) is 43.5 cm³/mol. The van der Waals surface area contributed by atoms with Crippen LogP contribution in [0.3, 0.4) is 0 Å². The Balaban J connectivity index is 2.54. The molecule has 0 spiro atoms. The molecule has 0 aliphatic heterocycles. The van der Waals surface area contributed by atoms with Crippen LogP contribution in [-0.2, 0) is 17.6 Å². The Morgan fingerprint density at radius 1 is 1.64 bits per heavy atom. The monoisotopic (exact) mass is 154 g/mol. The molecule has 1 N–H and O–H groups in total. The summed E-state index contributed by atoms with van der Waals surface area (Å²) in [5, 5.41) is 6.97. The average molecular weight is 154 g/mol. The fraction of sp³-hybridized carbons (Fsp3) is 0.625. The molecule has 0 fully saturated rings. The standard InChI is InChI=1S/C8H14N2O/c1-3-7-6-9-10-8(7)4-5-11-2/h6H,3-5H2,1-2H3,(H,9,10). The molecule has 3 heteroatoms. The van der Waals surface area contributed by atoms with Crippen molar-refractivity contribution < 1.29 is 4.74 Å². The highest BCUT2D eigenvalue weighted by Gasteiger charge is 2.01. The summed E-state index contributed by atoms with van der Waals surface area (Å²) in [4.78, 5) is 0. The minimum Gasteiger partial charge on any atom is -0.384 e. The summed E-state index contributed by atoms with van der Waals surface area (Å²) >= 11 is 0. The first-order valence-electron chi connectivity index (χ1n) is 3.89. The van der Waals surface area contributed by atoms with Gasteiger partial charge in [-0.3, -0.25) is 5.10 Å². The number of hydrogen-bond acceptors (Lipinski definition) is 2. The van der Waals surface area contributed by atoms with Gasteiger partial charge in [0.15, 0.2) is 0 Å². The summed E-state index contributed by atoms with van der Waals surface area (Å²) in [6.07, 6.45) is 3.89. The van der Waals surface area contributed by atoms with E-state index in [9.17, 15) is 0 Å². The summed E-state index contributed by atoms with van der Waals surface area (Å²) in [5.74, 6) is 0. The van der Waals surface area contributed by atoms with Gasteiger partial charge in [0.25, 0.3) is 0 Å². The highest BCUT2D eigenvalue weighted by Crippen LogP contribution is 2.05. The molecule has 62 valence electrons. The molecule has 0 amide bonds. The number of aromatic nitrogens is 2. The topological polar surface area (TPSA) is 37.9 Å². The van der Waals surface area contributed by atoms with Gasteiger partial charge in [0.1, 0.15) is 0 Å². The van der Waals surface area contributed by atoms with Crippen molar-refractivity contribution in [1.29, 1.82) is 0 Å². The van der Waals surface area contributed by atoms with Crippen molar-refractivity contribution in [2.75, 3.05) is 13.7 Å². The molecule has 0 unspecified atom stereocenters. The number of hydrogen-bond donors (Lipinski definition) is 1. The number of nitrogens with zero attached hydrogens (tertiary/aromatic N) is 1. The van der Waals surface area contributed by atoms with Gasteiger partial charge in [0.2, 0.25) is 0 Å². The first kappa shape index (κ1) is 8.27. The minimum atomic E-state index is 0.748. The van der Waals surface area contributed by atoms with Crippen molar-refractivity contribution in [1.82, 2.24) is 10.2 Å². The zero-order valence-electron chi connectivity index (χ0n) is 7.05. The average Bonchev–Trinajstić information content (AvgIpc) is 2.47. The summed E-state index contributed by atoms with van der Waals surface area (Å²) in [5.41, 5.74) is 2.43. The third-order valence-corrected chi connectivity index (χ3v) is 1.73. The molecule has 0 radical (unpaired) electrons. The lowest BCUT2D eigenvalue weighted by atomic mass is 10.1. The van der Waals surface area contributed by atoms with Gasteiger partial charge in [-0.2, -0.15) is 5.10 Å². The third-order valence-electron chi connectivity index (χ3n) is 1.73. The predicted octanol–water partition coefficient (Wildman–Crippen LogP) is 1.16. The van der Waals surface area contributed by atoms with E-state index in [-0.39, 0.29) is 0 Å². The first-order valence-corrected chi connectivity index (χ1v) is 3.89. The quantitative estimate of drug-likeness (QED) is 0.706. The molecule has 1 aromatic heterocycles. The van der Waals surface area contributed by atoms with Gasteiger partial charge in [-0.25, -0.2) is 0 Å². The van der Waals surface area contributed by atoms with Crippen LogP contribution in [-0.4, -0.2) is 23.9 Å². The van der Waals surface area contributed by atoms with Gasteiger partial charge in [-0.05, 0) is 12.0 Å². The van der Waals surface area contributed by atoms with Gasteiger partial charge in [-0.15, -0.1) is 0 Å². The fourth-order valence-electron chi connectivity index (χ4n) is 1.06. The zero-order chi connectivity index (χ0) is 8.10. The minimum absolute atomic E-state index is 0.748. The number of aryl methyl sites for hydroxylation is 1. The van der Waals surface area contributed by atoms with Crippen molar-refractivity contribution >= 4 is 0 Å². The van der Waals surface area contributed by atoms with E-state index in [1.165, 1.54) is 5.56 Å². The van der Waals surface area contributed by atoms with E-state index in [1.807, 2.05) is 6.20 Å². The van der Waals surface area contributed by atoms with Crippen LogP contribution in [0.15, 0.2) is 6.20 Å². The Kier molecular flexibility index (Phi) is 3.11. The molecule has 1 heterocycles. The van der Waals surface area contributed by atoms with E-state index in [0.717, 1.165) is 25.1 Å². The maximum atomic E-state index is 4.96. The summed E-state index contributed by atoms with van der Waals surface area (Å²) in [6, 6.07) is 0. The van der Waals surface area contributed by atoms with Crippen molar-refractivity contribution in [3.8, 4) is 0 Å². The van der Waals surface area contributed by atoms with Crippen LogP contribution in [0.1, 0.15) is 18.2 Å². The number of nitrogens with one attached hydrogen (secondary N) is 1. The number of methoxy groups -OCH3 is 1. The lowest BCUT2D eigenvalue weighted by Gasteiger charge is -1.97. The van der Waals surface area contributed by atoms with Crippen LogP contribution in [0.5, 0.6) is 0 Å². The van der Waals surface area contributed by atoms with Crippen LogP contribution in [0.25, 0.3) is 0 Å². The Labute approximate surface area is 66.8 Å². The Morgan fingerprint density at radius 3 is 3.09 bits per heavy atom. The van der Waals surface area contributed by atoms with Gasteiger partial charge >= 0.3 is 0 Å². The molecule has 1 rings (SSSR count). The van der Waals surface area contributed by atoms with Gasteiger partial charge < -0.3 is 4.74 Å². The molecule has 3 nitrogen and oxygen atoms in total. The Bertz CT molecular complexity index is 208. The second-order valence-electron chi connectivity index (χ2n) is 2.45. The largest absolute Gasteiger partial charge is 0.384 e. The fourth-order valence-corrected chi connectivity index (χ4v) is 1.06. The molecule has 0 saturated carbocycles. The number of ether oxygens (including phenoxy) is 1. The lowest BCUT2D eigenvalue weighted by Crippen LogP contribution is -1.97. The van der Waals surface area contributed by atoms with Crippen molar-refractivity contribution in [3.63, 3.8) is 0 Å². The SMILES string of the molecule is CCc1c[nH]nc1CCOC. The van der Waals surface area contributed by atoms with Crippen LogP contribution in [0.4, 0.5) is 0 Å². The first-order chi connectivity index (χ1) is 5.38. The Morgan fingerprint density at radius 2 is 2.45 bits per heavy atom. The smallest absolute Gasteiger partial charge is 0.0676 e. The van der Waals surface area contributed by atoms with E-state index in [2.05, 4.69) is 17.1 Å². The summed E-state index contributed by atoms with van der Waals surface area (Å²) in [6.45, 7) is 2.87. The van der Waals surface area contributed by atoms with E-state index < -0.39 is 0 Å². The summed E-state index contributed by atoms with van der Waals surface area (Å²) < 4.78 is 4.96. The highest BCUT2D eigenvalue weighted by atomic mass is 16.5. The van der Waals surface area contributed by atoms with E-state index in [0.29, 0.717) is 0 Å². The second kappa shape index (κ2) is 4.13. The zero-order valence-corrected chi connectivity index (χ0v) is 7.05. The van der Waals surface area contributed by atoms with Crippen molar-refractivity contribution in [2.45, 2.75) is 19.8 Å². The number of H-pyrrole nitrogens is 1. The van der Waals surface area contributed by atoms with Crippen molar-refractivity contribution in [2.24, 2.45) is 0 Å². The van der Waals surface area contributed by atoms with Gasteiger partial charge in [0.05, 0.1) is 12.3 Å².